The van der Waals surface area contributed by atoms with E-state index in [0.717, 1.165) is 5.92 Å². The number of benzene rings is 1. The van der Waals surface area contributed by atoms with E-state index in [1.165, 1.54) is 45.6 Å². The molecule has 4 heteroatoms. The molecule has 0 spiro atoms. The first-order valence-electron chi connectivity index (χ1n) is 7.80. The smallest absolute Gasteiger partial charge is 0.207 e. The average molecular weight is 359 g/mol. The lowest BCUT2D eigenvalue weighted by atomic mass is 9.80. The van der Waals surface area contributed by atoms with Crippen molar-refractivity contribution in [3.63, 3.8) is 0 Å². The molecule has 118 valence electrons. The molecule has 0 aromatic heterocycles. The second-order valence-electron chi connectivity index (χ2n) is 5.88. The van der Waals surface area contributed by atoms with E-state index in [4.69, 9.17) is 9.47 Å². The molecule has 0 aliphatic heterocycles. The Kier molecular flexibility index (Phi) is 6.34. The van der Waals surface area contributed by atoms with Crippen molar-refractivity contribution < 1.29 is 13.9 Å². The lowest BCUT2D eigenvalue weighted by Crippen LogP contribution is -2.20. The van der Waals surface area contributed by atoms with Crippen LogP contribution in [0.1, 0.15) is 45.4 Å². The first-order valence-corrected chi connectivity index (χ1v) is 8.59. The zero-order valence-corrected chi connectivity index (χ0v) is 14.4. The maximum absolute atomic E-state index is 14.2. The molecule has 0 saturated heterocycles. The first kappa shape index (κ1) is 16.6. The van der Waals surface area contributed by atoms with Gasteiger partial charge in [-0.25, -0.2) is 0 Å². The summed E-state index contributed by atoms with van der Waals surface area (Å²) in [5.41, 5.74) is 0. The normalized spacial score (nSPS) is 22.1. The SMILES string of the molecule is CCCC1CCC(COc2ccc(Br)c(OC)c2F)CC1. The van der Waals surface area contributed by atoms with Crippen molar-refractivity contribution in [1.29, 1.82) is 0 Å². The minimum Gasteiger partial charge on any atom is -0.492 e. The molecule has 21 heavy (non-hydrogen) atoms. The molecule has 1 fully saturated rings. The van der Waals surface area contributed by atoms with Crippen LogP contribution in [0.4, 0.5) is 4.39 Å². The molecular weight excluding hydrogens is 335 g/mol. The maximum atomic E-state index is 14.2. The summed E-state index contributed by atoms with van der Waals surface area (Å²) in [6, 6.07) is 3.42. The third-order valence-electron chi connectivity index (χ3n) is 4.36. The minimum atomic E-state index is -0.424. The van der Waals surface area contributed by atoms with E-state index < -0.39 is 5.82 Å². The largest absolute Gasteiger partial charge is 0.492 e. The Morgan fingerprint density at radius 1 is 1.19 bits per heavy atom. The molecule has 0 heterocycles. The number of methoxy groups -OCH3 is 1. The van der Waals surface area contributed by atoms with Crippen molar-refractivity contribution in [2.24, 2.45) is 11.8 Å². The van der Waals surface area contributed by atoms with Crippen LogP contribution in [0, 0.1) is 17.7 Å². The Hall–Kier alpha value is -0.770. The second kappa shape index (κ2) is 8.02. The molecule has 0 N–H and O–H groups in total. The molecule has 2 nitrogen and oxygen atoms in total. The molecule has 1 aliphatic carbocycles. The van der Waals surface area contributed by atoms with Crippen LogP contribution >= 0.6 is 15.9 Å². The van der Waals surface area contributed by atoms with E-state index in [0.29, 0.717) is 17.0 Å². The fourth-order valence-corrected chi connectivity index (χ4v) is 3.58. The number of hydrogen-bond donors (Lipinski definition) is 0. The molecule has 2 rings (SSSR count). The highest BCUT2D eigenvalue weighted by Gasteiger charge is 2.22. The van der Waals surface area contributed by atoms with Gasteiger partial charge < -0.3 is 9.47 Å². The molecule has 0 amide bonds. The summed E-state index contributed by atoms with van der Waals surface area (Å²) in [5, 5.41) is 0. The van der Waals surface area contributed by atoms with Crippen LogP contribution in [-0.4, -0.2) is 13.7 Å². The van der Waals surface area contributed by atoms with Gasteiger partial charge in [-0.2, -0.15) is 4.39 Å². The zero-order valence-electron chi connectivity index (χ0n) is 12.8. The minimum absolute atomic E-state index is 0.208. The van der Waals surface area contributed by atoms with Crippen molar-refractivity contribution in [3.8, 4) is 11.5 Å². The van der Waals surface area contributed by atoms with Gasteiger partial charge in [-0.15, -0.1) is 0 Å². The molecule has 0 bridgehead atoms. The fraction of sp³-hybridized carbons (Fsp3) is 0.647. The fourth-order valence-electron chi connectivity index (χ4n) is 3.12. The Morgan fingerprint density at radius 2 is 1.86 bits per heavy atom. The molecule has 0 atom stereocenters. The van der Waals surface area contributed by atoms with Gasteiger partial charge in [-0.1, -0.05) is 32.6 Å². The van der Waals surface area contributed by atoms with Crippen LogP contribution in [0.3, 0.4) is 0 Å². The standard InChI is InChI=1S/C17H24BrFO2/c1-3-4-12-5-7-13(8-6-12)11-21-15-10-9-14(18)17(20-2)16(15)19/h9-10,12-13H,3-8,11H2,1-2H3. The van der Waals surface area contributed by atoms with Gasteiger partial charge in [0, 0.05) is 0 Å². The summed E-state index contributed by atoms with van der Waals surface area (Å²) < 4.78 is 25.5. The second-order valence-corrected chi connectivity index (χ2v) is 6.73. The van der Waals surface area contributed by atoms with Crippen molar-refractivity contribution in [1.82, 2.24) is 0 Å². The Labute approximate surface area is 135 Å². The highest BCUT2D eigenvalue weighted by molar-refractivity contribution is 9.10. The van der Waals surface area contributed by atoms with Gasteiger partial charge in [0.05, 0.1) is 18.2 Å². The van der Waals surface area contributed by atoms with E-state index in [9.17, 15) is 4.39 Å². The summed E-state index contributed by atoms with van der Waals surface area (Å²) >= 11 is 3.27. The number of ether oxygens (including phenoxy) is 2. The van der Waals surface area contributed by atoms with E-state index in [1.54, 1.807) is 12.1 Å². The quantitative estimate of drug-likeness (QED) is 0.660. The topological polar surface area (TPSA) is 18.5 Å². The number of halogens is 2. The average Bonchev–Trinajstić information content (AvgIpc) is 2.49. The van der Waals surface area contributed by atoms with Gasteiger partial charge in [-0.05, 0) is 52.7 Å². The molecular formula is C17H24BrFO2. The summed E-state index contributed by atoms with van der Waals surface area (Å²) in [4.78, 5) is 0. The maximum Gasteiger partial charge on any atom is 0.207 e. The van der Waals surface area contributed by atoms with Crippen LogP contribution in [-0.2, 0) is 0 Å². The summed E-state index contributed by atoms with van der Waals surface area (Å²) in [5.74, 6) is 1.50. The van der Waals surface area contributed by atoms with Crippen molar-refractivity contribution in [2.75, 3.05) is 13.7 Å². The summed E-state index contributed by atoms with van der Waals surface area (Å²) in [7, 11) is 1.46. The highest BCUT2D eigenvalue weighted by atomic mass is 79.9. The third kappa shape index (κ3) is 4.35. The van der Waals surface area contributed by atoms with E-state index in [1.807, 2.05) is 0 Å². The van der Waals surface area contributed by atoms with Gasteiger partial charge in [0.15, 0.2) is 11.5 Å². The Balaban J connectivity index is 1.87. The Morgan fingerprint density at radius 3 is 2.48 bits per heavy atom. The van der Waals surface area contributed by atoms with Crippen molar-refractivity contribution >= 4 is 15.9 Å². The van der Waals surface area contributed by atoms with E-state index >= 15 is 0 Å². The Bertz CT molecular complexity index is 456. The van der Waals surface area contributed by atoms with Crippen LogP contribution in [0.15, 0.2) is 16.6 Å². The third-order valence-corrected chi connectivity index (χ3v) is 4.98. The van der Waals surface area contributed by atoms with Crippen molar-refractivity contribution in [2.45, 2.75) is 45.4 Å². The van der Waals surface area contributed by atoms with Crippen LogP contribution in [0.25, 0.3) is 0 Å². The monoisotopic (exact) mass is 358 g/mol. The summed E-state index contributed by atoms with van der Waals surface area (Å²) in [6.07, 6.45) is 7.57. The predicted molar refractivity (Wildman–Crippen MR) is 86.5 cm³/mol. The molecule has 1 saturated carbocycles. The molecule has 1 aromatic rings. The summed E-state index contributed by atoms with van der Waals surface area (Å²) in [6.45, 7) is 2.85. The van der Waals surface area contributed by atoms with Crippen molar-refractivity contribution in [3.05, 3.63) is 22.4 Å². The van der Waals surface area contributed by atoms with Crippen LogP contribution < -0.4 is 9.47 Å². The van der Waals surface area contributed by atoms with Crippen LogP contribution in [0.2, 0.25) is 0 Å². The van der Waals surface area contributed by atoms with Crippen LogP contribution in [0.5, 0.6) is 11.5 Å². The lowest BCUT2D eigenvalue weighted by Gasteiger charge is -2.28. The molecule has 0 unspecified atom stereocenters. The van der Waals surface area contributed by atoms with Gasteiger partial charge in [0.1, 0.15) is 0 Å². The number of hydrogen-bond acceptors (Lipinski definition) is 2. The van der Waals surface area contributed by atoms with Gasteiger partial charge >= 0.3 is 0 Å². The number of rotatable bonds is 6. The predicted octanol–water partition coefficient (Wildman–Crippen LogP) is 5.58. The van der Waals surface area contributed by atoms with E-state index in [2.05, 4.69) is 22.9 Å². The zero-order chi connectivity index (χ0) is 15.2. The van der Waals surface area contributed by atoms with Gasteiger partial charge in [-0.3, -0.25) is 0 Å². The highest BCUT2D eigenvalue weighted by Crippen LogP contribution is 2.35. The van der Waals surface area contributed by atoms with Gasteiger partial charge in [0.25, 0.3) is 0 Å². The lowest BCUT2D eigenvalue weighted by molar-refractivity contribution is 0.173. The molecule has 1 aromatic carbocycles. The first-order chi connectivity index (χ1) is 10.2. The molecule has 1 aliphatic rings. The van der Waals surface area contributed by atoms with E-state index in [-0.39, 0.29) is 11.5 Å². The van der Waals surface area contributed by atoms with Gasteiger partial charge in [0.2, 0.25) is 5.82 Å². The molecule has 0 radical (unpaired) electrons.